The van der Waals surface area contributed by atoms with Crippen LogP contribution in [0, 0.1) is 27.6 Å². The van der Waals surface area contributed by atoms with Gasteiger partial charge in [-0.05, 0) is 87.7 Å². The number of carbonyl (C=O) groups excluding carboxylic acids is 3. The van der Waals surface area contributed by atoms with Gasteiger partial charge in [0, 0.05) is 5.92 Å². The highest BCUT2D eigenvalue weighted by molar-refractivity contribution is 6.28. The maximum Gasteiger partial charge on any atom is 0.265 e. The molecular formula is C45H49NO6. The molecule has 3 aromatic carbocycles. The molecule has 4 aliphatic rings. The minimum atomic E-state index is -1.43. The molecule has 0 radical (unpaired) electrons. The van der Waals surface area contributed by atoms with Crippen molar-refractivity contribution >= 4 is 17.3 Å². The third kappa shape index (κ3) is 4.69. The summed E-state index contributed by atoms with van der Waals surface area (Å²) in [5.41, 5.74) is 0.812. The van der Waals surface area contributed by atoms with Gasteiger partial charge in [0.1, 0.15) is 24.5 Å². The van der Waals surface area contributed by atoms with Crippen molar-refractivity contribution in [3.8, 4) is 11.6 Å². The Morgan fingerprint density at radius 1 is 0.788 bits per heavy atom. The smallest absolute Gasteiger partial charge is 0.265 e. The van der Waals surface area contributed by atoms with Gasteiger partial charge in [0.05, 0.1) is 16.4 Å². The standard InChI is InChI=1S/C45H49NO6/c1-8-44-31(35(42(5,6)7)36-34(37(44)47)39(46-52-36)51-26-28-17-13-10-14-18-28)24-43-21-22-45(43,40(44)49)38(48)33-29(23-43)30(41(2,3)4)19-20-32(33)50-25-27-15-11-9-12-16-27/h9-20,31,35H,8,21-26H2,1-7H3. The van der Waals surface area contributed by atoms with E-state index in [9.17, 15) is 0 Å². The summed E-state index contributed by atoms with van der Waals surface area (Å²) in [5, 5.41) is 4.35. The van der Waals surface area contributed by atoms with Crippen molar-refractivity contribution in [2.24, 2.45) is 27.6 Å². The lowest BCUT2D eigenvalue weighted by Crippen LogP contribution is -2.74. The fraction of sp³-hybridized carbons (Fsp3) is 0.467. The Bertz CT molecular complexity index is 2090. The van der Waals surface area contributed by atoms with Crippen LogP contribution in [0.2, 0.25) is 0 Å². The van der Waals surface area contributed by atoms with E-state index in [-0.39, 0.29) is 64.5 Å². The molecule has 8 rings (SSSR count). The minimum Gasteiger partial charge on any atom is -0.488 e. The molecule has 0 spiro atoms. The van der Waals surface area contributed by atoms with E-state index in [0.717, 1.165) is 28.7 Å². The Labute approximate surface area is 306 Å². The number of benzene rings is 3. The van der Waals surface area contributed by atoms with Crippen molar-refractivity contribution in [1.29, 1.82) is 0 Å². The zero-order valence-electron chi connectivity index (χ0n) is 31.4. The molecule has 7 heteroatoms. The number of fused-ring (bicyclic) bond motifs is 3. The van der Waals surface area contributed by atoms with Gasteiger partial charge in [0.2, 0.25) is 0 Å². The van der Waals surface area contributed by atoms with Gasteiger partial charge in [-0.1, -0.05) is 115 Å². The summed E-state index contributed by atoms with van der Waals surface area (Å²) in [6.07, 6.45) is 2.62. The lowest BCUT2D eigenvalue weighted by atomic mass is 9.30. The average molecular weight is 700 g/mol. The van der Waals surface area contributed by atoms with Gasteiger partial charge < -0.3 is 14.0 Å². The second-order valence-corrected chi connectivity index (χ2v) is 17.8. The Kier molecular flexibility index (Phi) is 7.80. The second-order valence-electron chi connectivity index (χ2n) is 17.8. The molecule has 5 unspecified atom stereocenters. The van der Waals surface area contributed by atoms with Crippen LogP contribution in [0.3, 0.4) is 0 Å². The number of hydrogen-bond acceptors (Lipinski definition) is 7. The summed E-state index contributed by atoms with van der Waals surface area (Å²) < 4.78 is 18.8. The quantitative estimate of drug-likeness (QED) is 0.177. The summed E-state index contributed by atoms with van der Waals surface area (Å²) in [4.78, 5) is 46.6. The fourth-order valence-corrected chi connectivity index (χ4v) is 10.6. The highest BCUT2D eigenvalue weighted by atomic mass is 16.5. The van der Waals surface area contributed by atoms with Crippen LogP contribution in [0.1, 0.15) is 129 Å². The van der Waals surface area contributed by atoms with Crippen molar-refractivity contribution in [1.82, 2.24) is 5.16 Å². The molecule has 270 valence electrons. The van der Waals surface area contributed by atoms with Crippen LogP contribution in [0.25, 0.3) is 0 Å². The first-order valence-electron chi connectivity index (χ1n) is 18.8. The van der Waals surface area contributed by atoms with E-state index in [4.69, 9.17) is 14.0 Å². The van der Waals surface area contributed by atoms with Crippen LogP contribution in [0.15, 0.2) is 77.3 Å². The van der Waals surface area contributed by atoms with Gasteiger partial charge >= 0.3 is 0 Å². The Morgan fingerprint density at radius 2 is 1.42 bits per heavy atom. The SMILES string of the molecule is CCC12C(=O)c3c(OCc4ccccc4)noc3C(C(C)(C)C)C1CC13CCC1(C(=O)c1c(OCc4ccccc4)ccc(C(C)(C)C)c1C3)C2=O. The van der Waals surface area contributed by atoms with Crippen LogP contribution < -0.4 is 9.47 Å². The third-order valence-electron chi connectivity index (χ3n) is 13.1. The molecule has 0 saturated heterocycles. The summed E-state index contributed by atoms with van der Waals surface area (Å²) in [6.45, 7) is 15.4. The van der Waals surface area contributed by atoms with Gasteiger partial charge in [0.25, 0.3) is 5.88 Å². The monoisotopic (exact) mass is 699 g/mol. The van der Waals surface area contributed by atoms with Crippen molar-refractivity contribution in [2.45, 2.75) is 105 Å². The van der Waals surface area contributed by atoms with E-state index >= 15 is 14.4 Å². The molecule has 52 heavy (non-hydrogen) atoms. The lowest BCUT2D eigenvalue weighted by molar-refractivity contribution is -0.180. The molecule has 0 N–H and O–H groups in total. The van der Waals surface area contributed by atoms with Crippen molar-refractivity contribution in [3.63, 3.8) is 0 Å². The average Bonchev–Trinajstić information content (AvgIpc) is 3.51. The molecule has 2 fully saturated rings. The Balaban J connectivity index is 1.28. The van der Waals surface area contributed by atoms with E-state index in [1.807, 2.05) is 73.7 Å². The molecule has 1 aromatic heterocycles. The van der Waals surface area contributed by atoms with E-state index < -0.39 is 16.2 Å². The zero-order valence-corrected chi connectivity index (χ0v) is 31.4. The number of nitrogens with zero attached hydrogens (tertiary/aromatic N) is 1. The van der Waals surface area contributed by atoms with Crippen LogP contribution in [-0.4, -0.2) is 22.5 Å². The largest absolute Gasteiger partial charge is 0.488 e. The molecular weight excluding hydrogens is 650 g/mol. The zero-order chi connectivity index (χ0) is 36.8. The van der Waals surface area contributed by atoms with E-state index in [1.54, 1.807) is 0 Å². The fourth-order valence-electron chi connectivity index (χ4n) is 10.6. The third-order valence-corrected chi connectivity index (χ3v) is 13.1. The first-order valence-corrected chi connectivity index (χ1v) is 18.8. The number of ketones is 3. The maximum atomic E-state index is 15.8. The molecule has 0 amide bonds. The normalized spacial score (nSPS) is 27.8. The van der Waals surface area contributed by atoms with E-state index in [0.29, 0.717) is 42.9 Å². The number of Topliss-reactive ketones (excluding diaryl/α,β-unsaturated/α-hetero) is 3. The van der Waals surface area contributed by atoms with Crippen LogP contribution in [-0.2, 0) is 29.8 Å². The lowest BCUT2D eigenvalue weighted by Gasteiger charge is -2.69. The summed E-state index contributed by atoms with van der Waals surface area (Å²) in [5.74, 6) is -0.254. The van der Waals surface area contributed by atoms with Crippen LogP contribution >= 0.6 is 0 Å². The highest BCUT2D eigenvalue weighted by Crippen LogP contribution is 2.76. The second kappa shape index (κ2) is 11.7. The Hall–Kier alpha value is -4.52. The number of hydrogen-bond donors (Lipinski definition) is 0. The molecule has 4 aromatic rings. The van der Waals surface area contributed by atoms with Gasteiger partial charge in [-0.2, -0.15) is 0 Å². The van der Waals surface area contributed by atoms with Crippen LogP contribution in [0.4, 0.5) is 0 Å². The molecule has 5 atom stereocenters. The minimum absolute atomic E-state index is 0.117. The van der Waals surface area contributed by atoms with E-state index in [1.165, 1.54) is 0 Å². The Morgan fingerprint density at radius 3 is 1.98 bits per heavy atom. The number of ether oxygens (including phenoxy) is 2. The molecule has 0 aliphatic heterocycles. The summed E-state index contributed by atoms with van der Waals surface area (Å²) in [6, 6.07) is 23.6. The van der Waals surface area contributed by atoms with E-state index in [2.05, 4.69) is 52.8 Å². The highest BCUT2D eigenvalue weighted by Gasteiger charge is 2.80. The van der Waals surface area contributed by atoms with Gasteiger partial charge in [-0.3, -0.25) is 14.4 Å². The number of aromatic nitrogens is 1. The maximum absolute atomic E-state index is 15.8. The van der Waals surface area contributed by atoms with Crippen molar-refractivity contribution in [2.75, 3.05) is 0 Å². The first-order chi connectivity index (χ1) is 24.7. The van der Waals surface area contributed by atoms with Crippen molar-refractivity contribution in [3.05, 3.63) is 112 Å². The first kappa shape index (κ1) is 34.6. The van der Waals surface area contributed by atoms with Crippen LogP contribution in [0.5, 0.6) is 11.6 Å². The molecule has 1 heterocycles. The number of carbonyl (C=O) groups is 3. The summed E-state index contributed by atoms with van der Waals surface area (Å²) >= 11 is 0. The topological polar surface area (TPSA) is 95.7 Å². The summed E-state index contributed by atoms with van der Waals surface area (Å²) in [7, 11) is 0. The predicted molar refractivity (Wildman–Crippen MR) is 198 cm³/mol. The molecule has 0 bridgehead atoms. The van der Waals surface area contributed by atoms with Gasteiger partial charge in [0.15, 0.2) is 23.1 Å². The molecule has 4 aliphatic carbocycles. The predicted octanol–water partition coefficient (Wildman–Crippen LogP) is 9.65. The van der Waals surface area contributed by atoms with Crippen molar-refractivity contribution < 1.29 is 28.4 Å². The van der Waals surface area contributed by atoms with Gasteiger partial charge in [-0.25, -0.2) is 0 Å². The molecule has 2 saturated carbocycles. The molecule has 7 nitrogen and oxygen atoms in total. The number of rotatable bonds is 7. The van der Waals surface area contributed by atoms with Gasteiger partial charge in [-0.15, -0.1) is 0 Å².